The summed E-state index contributed by atoms with van der Waals surface area (Å²) < 4.78 is 23.3. The van der Waals surface area contributed by atoms with Crippen LogP contribution in [0.3, 0.4) is 0 Å². The van der Waals surface area contributed by atoms with Gasteiger partial charge in [-0.2, -0.15) is 0 Å². The summed E-state index contributed by atoms with van der Waals surface area (Å²) in [6.07, 6.45) is 0.598. The number of likely N-dealkylation sites (N-methyl/N-ethyl adjacent to an activating group) is 1. The molecule has 1 atom stereocenters. The van der Waals surface area contributed by atoms with Gasteiger partial charge < -0.3 is 5.32 Å². The number of fused-ring (bicyclic) bond motifs is 3. The first-order valence-corrected chi connectivity index (χ1v) is 10.6. The molecule has 6 heteroatoms. The minimum Gasteiger partial charge on any atom is -0.344 e. The number of hydrogen-bond acceptors (Lipinski definition) is 4. The van der Waals surface area contributed by atoms with Crippen molar-refractivity contribution in [2.45, 2.75) is 18.5 Å². The number of amides is 1. The first-order chi connectivity index (χ1) is 12.4. The van der Waals surface area contributed by atoms with Gasteiger partial charge in [-0.3, -0.25) is 9.69 Å². The summed E-state index contributed by atoms with van der Waals surface area (Å²) in [4.78, 5) is 14.5. The molecule has 26 heavy (non-hydrogen) atoms. The third-order valence-corrected chi connectivity index (χ3v) is 7.11. The van der Waals surface area contributed by atoms with E-state index in [4.69, 9.17) is 0 Å². The molecular weight excluding hydrogens is 348 g/mol. The molecule has 136 valence electrons. The quantitative estimate of drug-likeness (QED) is 0.894. The zero-order valence-corrected chi connectivity index (χ0v) is 15.5. The van der Waals surface area contributed by atoms with E-state index < -0.39 is 9.84 Å². The van der Waals surface area contributed by atoms with E-state index in [2.05, 4.69) is 17.4 Å². The first kappa shape index (κ1) is 17.2. The number of nitrogens with zero attached hydrogens (tertiary/aromatic N) is 1. The summed E-state index contributed by atoms with van der Waals surface area (Å²) in [7, 11) is -1.13. The van der Waals surface area contributed by atoms with E-state index in [-0.39, 0.29) is 36.0 Å². The molecule has 1 fully saturated rings. The van der Waals surface area contributed by atoms with Gasteiger partial charge in [-0.05, 0) is 35.7 Å². The molecule has 1 heterocycles. The average molecular weight is 370 g/mol. The van der Waals surface area contributed by atoms with Gasteiger partial charge in [-0.15, -0.1) is 0 Å². The van der Waals surface area contributed by atoms with Gasteiger partial charge in [0.25, 0.3) is 0 Å². The van der Waals surface area contributed by atoms with Gasteiger partial charge in [-0.25, -0.2) is 8.42 Å². The Labute approximate surface area is 153 Å². The fourth-order valence-electron chi connectivity index (χ4n) is 4.00. The molecule has 0 aromatic heterocycles. The second kappa shape index (κ2) is 6.52. The van der Waals surface area contributed by atoms with E-state index in [0.29, 0.717) is 6.42 Å². The van der Waals surface area contributed by atoms with Crippen LogP contribution >= 0.6 is 0 Å². The largest absolute Gasteiger partial charge is 0.344 e. The lowest BCUT2D eigenvalue weighted by atomic mass is 10.1. The molecule has 2 aromatic carbocycles. The second-order valence-corrected chi connectivity index (χ2v) is 9.38. The van der Waals surface area contributed by atoms with Gasteiger partial charge in [0.1, 0.15) is 0 Å². The van der Waals surface area contributed by atoms with E-state index >= 15 is 0 Å². The minimum absolute atomic E-state index is 0.0751. The maximum Gasteiger partial charge on any atom is 0.234 e. The summed E-state index contributed by atoms with van der Waals surface area (Å²) in [5.41, 5.74) is 4.52. The van der Waals surface area contributed by atoms with Crippen LogP contribution in [0.25, 0.3) is 11.1 Å². The second-order valence-electron chi connectivity index (χ2n) is 7.15. The molecule has 0 radical (unpaired) electrons. The van der Waals surface area contributed by atoms with Crippen LogP contribution < -0.4 is 5.32 Å². The summed E-state index contributed by atoms with van der Waals surface area (Å²) >= 11 is 0. The van der Waals surface area contributed by atoms with Crippen LogP contribution in [0.2, 0.25) is 0 Å². The molecule has 5 nitrogen and oxygen atoms in total. The highest BCUT2D eigenvalue weighted by Gasteiger charge is 2.33. The molecular formula is C20H22N2O3S. The Morgan fingerprint density at radius 3 is 2.19 bits per heavy atom. The molecule has 0 spiro atoms. The Morgan fingerprint density at radius 2 is 1.65 bits per heavy atom. The van der Waals surface area contributed by atoms with Crippen molar-refractivity contribution in [2.75, 3.05) is 25.1 Å². The maximum absolute atomic E-state index is 12.6. The number of sulfone groups is 1. The highest BCUT2D eigenvalue weighted by molar-refractivity contribution is 7.91. The van der Waals surface area contributed by atoms with Gasteiger partial charge in [0.05, 0.1) is 24.1 Å². The van der Waals surface area contributed by atoms with Crippen molar-refractivity contribution < 1.29 is 13.2 Å². The van der Waals surface area contributed by atoms with E-state index in [1.165, 1.54) is 0 Å². The first-order valence-electron chi connectivity index (χ1n) is 8.83. The minimum atomic E-state index is -2.95. The Morgan fingerprint density at radius 1 is 1.08 bits per heavy atom. The molecule has 4 rings (SSSR count). The lowest BCUT2D eigenvalue weighted by Gasteiger charge is -2.24. The van der Waals surface area contributed by atoms with Crippen LogP contribution in [0.15, 0.2) is 48.5 Å². The molecule has 1 saturated heterocycles. The monoisotopic (exact) mass is 370 g/mol. The zero-order valence-electron chi connectivity index (χ0n) is 14.7. The van der Waals surface area contributed by atoms with Crippen LogP contribution in [-0.2, 0) is 14.6 Å². The fourth-order valence-corrected chi connectivity index (χ4v) is 5.80. The predicted octanol–water partition coefficient (Wildman–Crippen LogP) is 1.99. The fraction of sp³-hybridized carbons (Fsp3) is 0.350. The molecule has 0 saturated carbocycles. The lowest BCUT2D eigenvalue weighted by Crippen LogP contribution is -2.42. The molecule has 0 unspecified atom stereocenters. The topological polar surface area (TPSA) is 66.5 Å². The summed E-state index contributed by atoms with van der Waals surface area (Å²) in [5.74, 6) is 0.270. The van der Waals surface area contributed by atoms with Crippen molar-refractivity contribution in [3.8, 4) is 11.1 Å². The molecule has 2 aromatic rings. The highest BCUT2D eigenvalue weighted by Crippen LogP contribution is 2.42. The van der Waals surface area contributed by atoms with Crippen molar-refractivity contribution in [2.24, 2.45) is 0 Å². The summed E-state index contributed by atoms with van der Waals surface area (Å²) in [5, 5.41) is 3.14. The number of carbonyl (C=O) groups excluding carboxylic acids is 1. The number of hydrogen-bond donors (Lipinski definition) is 1. The molecule has 1 N–H and O–H groups in total. The number of benzene rings is 2. The number of carbonyl (C=O) groups is 1. The van der Waals surface area contributed by atoms with E-state index in [1.54, 1.807) is 0 Å². The SMILES string of the molecule is CN(CC(=O)NC1c2ccccc2-c2ccccc21)[C@H]1CCS(=O)(=O)C1. The zero-order chi connectivity index (χ0) is 18.3. The van der Waals surface area contributed by atoms with Crippen LogP contribution in [0.5, 0.6) is 0 Å². The Hall–Kier alpha value is -2.18. The van der Waals surface area contributed by atoms with Gasteiger partial charge in [-0.1, -0.05) is 48.5 Å². The molecule has 2 aliphatic rings. The molecule has 1 amide bonds. The van der Waals surface area contributed by atoms with Gasteiger partial charge >= 0.3 is 0 Å². The molecule has 0 bridgehead atoms. The Kier molecular flexibility index (Phi) is 4.32. The summed E-state index contributed by atoms with van der Waals surface area (Å²) in [6, 6.07) is 16.0. The van der Waals surface area contributed by atoms with Gasteiger partial charge in [0, 0.05) is 6.04 Å². The van der Waals surface area contributed by atoms with Crippen molar-refractivity contribution in [3.05, 3.63) is 59.7 Å². The van der Waals surface area contributed by atoms with Crippen LogP contribution in [0, 0.1) is 0 Å². The lowest BCUT2D eigenvalue weighted by molar-refractivity contribution is -0.122. The van der Waals surface area contributed by atoms with Crippen LogP contribution in [0.1, 0.15) is 23.6 Å². The van der Waals surface area contributed by atoms with Crippen molar-refractivity contribution in [1.82, 2.24) is 10.2 Å². The summed E-state index contributed by atoms with van der Waals surface area (Å²) in [6.45, 7) is 0.195. The highest BCUT2D eigenvalue weighted by atomic mass is 32.2. The number of rotatable bonds is 4. The van der Waals surface area contributed by atoms with Crippen molar-refractivity contribution in [1.29, 1.82) is 0 Å². The third-order valence-electron chi connectivity index (χ3n) is 5.36. The van der Waals surface area contributed by atoms with Crippen molar-refractivity contribution >= 4 is 15.7 Å². The number of nitrogens with one attached hydrogen (secondary N) is 1. The van der Waals surface area contributed by atoms with E-state index in [9.17, 15) is 13.2 Å². The van der Waals surface area contributed by atoms with Gasteiger partial charge in [0.2, 0.25) is 5.91 Å². The van der Waals surface area contributed by atoms with Crippen LogP contribution in [-0.4, -0.2) is 50.4 Å². The average Bonchev–Trinajstić information content (AvgIpc) is 3.14. The maximum atomic E-state index is 12.6. The molecule has 1 aliphatic heterocycles. The van der Waals surface area contributed by atoms with Gasteiger partial charge in [0.15, 0.2) is 9.84 Å². The molecule has 1 aliphatic carbocycles. The Balaban J connectivity index is 1.50. The standard InChI is InChI=1S/C20H22N2O3S/c1-22(14-10-11-26(24,25)13-14)12-19(23)21-20-17-8-4-2-6-15(17)16-7-3-5-9-18(16)20/h2-9,14,20H,10-13H2,1H3,(H,21,23)/t14-/m0/s1. The normalized spacial score (nSPS) is 20.8. The van der Waals surface area contributed by atoms with Crippen LogP contribution in [0.4, 0.5) is 0 Å². The van der Waals surface area contributed by atoms with E-state index in [1.807, 2.05) is 48.3 Å². The third kappa shape index (κ3) is 3.15. The van der Waals surface area contributed by atoms with E-state index in [0.717, 1.165) is 22.3 Å². The smallest absolute Gasteiger partial charge is 0.234 e. The van der Waals surface area contributed by atoms with Crippen molar-refractivity contribution in [3.63, 3.8) is 0 Å². The Bertz CT molecular complexity index is 910. The predicted molar refractivity (Wildman–Crippen MR) is 102 cm³/mol.